The van der Waals surface area contributed by atoms with Gasteiger partial charge in [0.15, 0.2) is 0 Å². The summed E-state index contributed by atoms with van der Waals surface area (Å²) in [6, 6.07) is 9.26. The van der Waals surface area contributed by atoms with Crippen LogP contribution >= 0.6 is 27.5 Å². The van der Waals surface area contributed by atoms with Crippen molar-refractivity contribution in [3.8, 4) is 11.5 Å². The van der Waals surface area contributed by atoms with Crippen molar-refractivity contribution in [2.75, 3.05) is 0 Å². The summed E-state index contributed by atoms with van der Waals surface area (Å²) in [7, 11) is 0. The topological polar surface area (TPSA) is 72.6 Å². The molecule has 5 nitrogen and oxygen atoms in total. The van der Waals surface area contributed by atoms with Crippen LogP contribution in [0, 0.1) is 10.1 Å². The van der Waals surface area contributed by atoms with E-state index in [0.717, 1.165) is 4.47 Å². The van der Waals surface area contributed by atoms with Crippen LogP contribution in [0.3, 0.4) is 0 Å². The summed E-state index contributed by atoms with van der Waals surface area (Å²) in [5.74, 6) is 0.376. The number of aliphatic hydroxyl groups is 1. The highest BCUT2D eigenvalue weighted by Gasteiger charge is 2.19. The standard InChI is InChI=1S/C14H11BrClNO4/c1-8(18)9-2-4-14(12(6-9)17(19)20)21-13-5-3-10(15)7-11(13)16/h2-8,18H,1H3. The average molecular weight is 373 g/mol. The Labute approximate surface area is 134 Å². The number of rotatable bonds is 4. The van der Waals surface area contributed by atoms with E-state index < -0.39 is 11.0 Å². The number of nitrogens with zero attached hydrogens (tertiary/aromatic N) is 1. The maximum absolute atomic E-state index is 11.1. The van der Waals surface area contributed by atoms with Crippen LogP contribution in [0.4, 0.5) is 5.69 Å². The van der Waals surface area contributed by atoms with E-state index in [1.54, 1.807) is 24.3 Å². The Balaban J connectivity index is 2.41. The van der Waals surface area contributed by atoms with Crippen molar-refractivity contribution in [3.05, 3.63) is 61.6 Å². The monoisotopic (exact) mass is 371 g/mol. The molecule has 1 atom stereocenters. The number of halogens is 2. The molecule has 0 saturated heterocycles. The van der Waals surface area contributed by atoms with Crippen molar-refractivity contribution in [1.82, 2.24) is 0 Å². The third kappa shape index (κ3) is 3.72. The second-order valence-corrected chi connectivity index (χ2v) is 5.66. The van der Waals surface area contributed by atoms with E-state index in [0.29, 0.717) is 16.3 Å². The first-order valence-electron chi connectivity index (χ1n) is 5.98. The highest BCUT2D eigenvalue weighted by atomic mass is 79.9. The molecule has 0 spiro atoms. The summed E-state index contributed by atoms with van der Waals surface area (Å²) in [6.07, 6.45) is -0.797. The van der Waals surface area contributed by atoms with E-state index in [-0.39, 0.29) is 11.4 Å². The summed E-state index contributed by atoms with van der Waals surface area (Å²) < 4.78 is 6.29. The van der Waals surface area contributed by atoms with Gasteiger partial charge in [0, 0.05) is 10.5 Å². The molecule has 0 aromatic heterocycles. The quantitative estimate of drug-likeness (QED) is 0.614. The molecule has 7 heteroatoms. The predicted octanol–water partition coefficient (Wildman–Crippen LogP) is 4.86. The maximum Gasteiger partial charge on any atom is 0.311 e. The normalized spacial score (nSPS) is 12.0. The first-order valence-corrected chi connectivity index (χ1v) is 7.15. The molecule has 0 bridgehead atoms. The summed E-state index contributed by atoms with van der Waals surface area (Å²) in [5.41, 5.74) is 0.211. The second kappa shape index (κ2) is 6.43. The number of nitro benzene ring substituents is 1. The lowest BCUT2D eigenvalue weighted by Gasteiger charge is -2.10. The van der Waals surface area contributed by atoms with Gasteiger partial charge >= 0.3 is 5.69 Å². The number of hydrogen-bond donors (Lipinski definition) is 1. The lowest BCUT2D eigenvalue weighted by Crippen LogP contribution is -1.97. The summed E-state index contributed by atoms with van der Waals surface area (Å²) in [6.45, 7) is 1.53. The van der Waals surface area contributed by atoms with E-state index in [1.807, 2.05) is 0 Å². The minimum Gasteiger partial charge on any atom is -0.449 e. The Bertz CT molecular complexity index is 691. The molecule has 2 rings (SSSR count). The predicted molar refractivity (Wildman–Crippen MR) is 83.0 cm³/mol. The summed E-state index contributed by atoms with van der Waals surface area (Å²) in [4.78, 5) is 10.6. The minimum absolute atomic E-state index is 0.0635. The average Bonchev–Trinajstić information content (AvgIpc) is 2.41. The molecular weight excluding hydrogens is 362 g/mol. The molecule has 1 unspecified atom stereocenters. The fraction of sp³-hybridized carbons (Fsp3) is 0.143. The molecule has 110 valence electrons. The van der Waals surface area contributed by atoms with Crippen molar-refractivity contribution in [2.24, 2.45) is 0 Å². The SMILES string of the molecule is CC(O)c1ccc(Oc2ccc(Br)cc2Cl)c([N+](=O)[O-])c1. The summed E-state index contributed by atoms with van der Waals surface area (Å²) in [5, 5.41) is 21.0. The number of hydrogen-bond acceptors (Lipinski definition) is 4. The second-order valence-electron chi connectivity index (χ2n) is 4.34. The molecule has 0 aliphatic carbocycles. The first kappa shape index (κ1) is 15.8. The summed E-state index contributed by atoms with van der Waals surface area (Å²) >= 11 is 9.30. The van der Waals surface area contributed by atoms with Gasteiger partial charge in [0.1, 0.15) is 5.75 Å². The Morgan fingerprint density at radius 3 is 2.52 bits per heavy atom. The fourth-order valence-electron chi connectivity index (χ4n) is 1.70. The maximum atomic E-state index is 11.1. The Morgan fingerprint density at radius 2 is 1.95 bits per heavy atom. The Morgan fingerprint density at radius 1 is 1.29 bits per heavy atom. The molecule has 2 aromatic rings. The van der Waals surface area contributed by atoms with Gasteiger partial charge < -0.3 is 9.84 Å². The lowest BCUT2D eigenvalue weighted by molar-refractivity contribution is -0.385. The van der Waals surface area contributed by atoms with Crippen LogP contribution in [0.15, 0.2) is 40.9 Å². The van der Waals surface area contributed by atoms with E-state index in [2.05, 4.69) is 15.9 Å². The molecule has 0 radical (unpaired) electrons. The third-order valence-corrected chi connectivity index (χ3v) is 3.56. The molecule has 0 heterocycles. The minimum atomic E-state index is -0.797. The number of ether oxygens (including phenoxy) is 1. The van der Waals surface area contributed by atoms with E-state index >= 15 is 0 Å². The van der Waals surface area contributed by atoms with Crippen LogP contribution in [0.5, 0.6) is 11.5 Å². The molecule has 2 aromatic carbocycles. The van der Waals surface area contributed by atoms with Gasteiger partial charge in [-0.25, -0.2) is 0 Å². The van der Waals surface area contributed by atoms with Crippen LogP contribution < -0.4 is 4.74 Å². The van der Waals surface area contributed by atoms with Crippen LogP contribution in [-0.4, -0.2) is 10.0 Å². The highest BCUT2D eigenvalue weighted by molar-refractivity contribution is 9.10. The van der Waals surface area contributed by atoms with Crippen LogP contribution in [0.2, 0.25) is 5.02 Å². The number of nitro groups is 1. The zero-order chi connectivity index (χ0) is 15.6. The van der Waals surface area contributed by atoms with Gasteiger partial charge in [-0.3, -0.25) is 10.1 Å². The smallest absolute Gasteiger partial charge is 0.311 e. The van der Waals surface area contributed by atoms with Crippen LogP contribution in [-0.2, 0) is 0 Å². The largest absolute Gasteiger partial charge is 0.449 e. The van der Waals surface area contributed by atoms with Crippen molar-refractivity contribution in [3.63, 3.8) is 0 Å². The van der Waals surface area contributed by atoms with Gasteiger partial charge in [0.2, 0.25) is 5.75 Å². The van der Waals surface area contributed by atoms with Gasteiger partial charge in [0.25, 0.3) is 0 Å². The van der Waals surface area contributed by atoms with Gasteiger partial charge in [-0.05, 0) is 36.8 Å². The molecular formula is C14H11BrClNO4. The third-order valence-electron chi connectivity index (χ3n) is 2.78. The lowest BCUT2D eigenvalue weighted by atomic mass is 10.1. The molecule has 0 aliphatic rings. The molecule has 0 aliphatic heterocycles. The Hall–Kier alpha value is -1.63. The number of aliphatic hydroxyl groups excluding tert-OH is 1. The zero-order valence-electron chi connectivity index (χ0n) is 10.9. The van der Waals surface area contributed by atoms with Crippen LogP contribution in [0.1, 0.15) is 18.6 Å². The van der Waals surface area contributed by atoms with E-state index in [1.165, 1.54) is 19.1 Å². The van der Waals surface area contributed by atoms with Gasteiger partial charge in [0.05, 0.1) is 16.0 Å². The highest BCUT2D eigenvalue weighted by Crippen LogP contribution is 2.37. The first-order chi connectivity index (χ1) is 9.88. The Kier molecular flexibility index (Phi) is 4.82. The molecule has 1 N–H and O–H groups in total. The molecule has 0 amide bonds. The van der Waals surface area contributed by atoms with Crippen molar-refractivity contribution in [2.45, 2.75) is 13.0 Å². The zero-order valence-corrected chi connectivity index (χ0v) is 13.3. The van der Waals surface area contributed by atoms with Crippen molar-refractivity contribution >= 4 is 33.2 Å². The molecule has 21 heavy (non-hydrogen) atoms. The van der Waals surface area contributed by atoms with Gasteiger partial charge in [-0.15, -0.1) is 0 Å². The van der Waals surface area contributed by atoms with Crippen LogP contribution in [0.25, 0.3) is 0 Å². The number of benzene rings is 2. The fourth-order valence-corrected chi connectivity index (χ4v) is 2.41. The van der Waals surface area contributed by atoms with E-state index in [4.69, 9.17) is 16.3 Å². The van der Waals surface area contributed by atoms with Gasteiger partial charge in [-0.2, -0.15) is 0 Å². The van der Waals surface area contributed by atoms with Crippen molar-refractivity contribution < 1.29 is 14.8 Å². The van der Waals surface area contributed by atoms with Gasteiger partial charge in [-0.1, -0.05) is 33.6 Å². The van der Waals surface area contributed by atoms with Crippen molar-refractivity contribution in [1.29, 1.82) is 0 Å². The molecule has 0 saturated carbocycles. The van der Waals surface area contributed by atoms with E-state index in [9.17, 15) is 15.2 Å². The molecule has 0 fully saturated rings.